The van der Waals surface area contributed by atoms with Gasteiger partial charge >= 0.3 is 6.18 Å². The maximum Gasteiger partial charge on any atom is 0.417 e. The van der Waals surface area contributed by atoms with Crippen LogP contribution in [0, 0.1) is 29.5 Å². The van der Waals surface area contributed by atoms with Gasteiger partial charge in [0.2, 0.25) is 0 Å². The van der Waals surface area contributed by atoms with Crippen LogP contribution in [0.5, 0.6) is 0 Å². The lowest BCUT2D eigenvalue weighted by Crippen LogP contribution is -2.80. The van der Waals surface area contributed by atoms with Gasteiger partial charge in [-0.15, -0.1) is 0 Å². The highest BCUT2D eigenvalue weighted by Crippen LogP contribution is 2.57. The van der Waals surface area contributed by atoms with E-state index in [-0.39, 0.29) is 23.8 Å². The van der Waals surface area contributed by atoms with E-state index in [1.165, 1.54) is 16.4 Å². The molecule has 0 radical (unpaired) electrons. The Labute approximate surface area is 172 Å². The van der Waals surface area contributed by atoms with Crippen LogP contribution >= 0.6 is 0 Å². The van der Waals surface area contributed by atoms with Gasteiger partial charge in [-0.3, -0.25) is 9.59 Å². The van der Waals surface area contributed by atoms with Gasteiger partial charge in [0.15, 0.2) is 0 Å². The largest absolute Gasteiger partial charge is 0.417 e. The smallest absolute Gasteiger partial charge is 0.270 e. The van der Waals surface area contributed by atoms with Crippen LogP contribution in [0.4, 0.5) is 17.6 Å². The molecule has 1 aromatic rings. The quantitative estimate of drug-likeness (QED) is 0.649. The van der Waals surface area contributed by atoms with Gasteiger partial charge in [0.1, 0.15) is 11.4 Å². The van der Waals surface area contributed by atoms with E-state index >= 15 is 0 Å². The molecule has 1 saturated heterocycles. The maximum absolute atomic E-state index is 13.5. The number of hydrogen-bond acceptors (Lipinski definition) is 2. The minimum Gasteiger partial charge on any atom is -0.270 e. The third-order valence-electron chi connectivity index (χ3n) is 7.65. The lowest BCUT2D eigenvalue weighted by Gasteiger charge is -2.65. The van der Waals surface area contributed by atoms with E-state index in [1.807, 2.05) is 0 Å². The summed E-state index contributed by atoms with van der Waals surface area (Å²) in [5.74, 6) is -0.309. The van der Waals surface area contributed by atoms with Crippen molar-refractivity contribution in [3.05, 3.63) is 35.1 Å². The average molecular weight is 424 g/mol. The molecule has 6 rings (SSSR count). The van der Waals surface area contributed by atoms with Crippen molar-refractivity contribution < 1.29 is 27.2 Å². The second-order valence-corrected chi connectivity index (χ2v) is 9.93. The summed E-state index contributed by atoms with van der Waals surface area (Å²) in [6.45, 7) is 3.10. The van der Waals surface area contributed by atoms with Gasteiger partial charge in [-0.2, -0.15) is 13.2 Å². The molecular weight excluding hydrogens is 400 g/mol. The predicted molar refractivity (Wildman–Crippen MR) is 99.3 cm³/mol. The van der Waals surface area contributed by atoms with Crippen LogP contribution in [0.15, 0.2) is 18.2 Å². The van der Waals surface area contributed by atoms with Gasteiger partial charge in [-0.1, -0.05) is 0 Å². The maximum atomic E-state index is 13.5. The van der Waals surface area contributed by atoms with Crippen molar-refractivity contribution >= 4 is 11.8 Å². The van der Waals surface area contributed by atoms with Crippen LogP contribution in [0.1, 0.15) is 61.9 Å². The molecule has 162 valence electrons. The average Bonchev–Trinajstić information content (AvgIpc) is 2.64. The zero-order valence-corrected chi connectivity index (χ0v) is 16.9. The molecule has 5 fully saturated rings. The Morgan fingerprint density at radius 2 is 1.60 bits per heavy atom. The van der Waals surface area contributed by atoms with Crippen LogP contribution in [-0.2, 0) is 11.0 Å². The van der Waals surface area contributed by atoms with Crippen molar-refractivity contribution in [2.24, 2.45) is 23.7 Å². The van der Waals surface area contributed by atoms with Gasteiger partial charge in [0.05, 0.1) is 17.2 Å². The molecule has 4 saturated carbocycles. The zero-order valence-electron chi connectivity index (χ0n) is 16.9. The highest BCUT2D eigenvalue weighted by molar-refractivity contribution is 6.05. The van der Waals surface area contributed by atoms with E-state index in [1.54, 1.807) is 13.8 Å². The second-order valence-electron chi connectivity index (χ2n) is 9.93. The molecule has 2 amide bonds. The minimum absolute atomic E-state index is 0.142. The van der Waals surface area contributed by atoms with Crippen molar-refractivity contribution in [3.63, 3.8) is 0 Å². The summed E-state index contributed by atoms with van der Waals surface area (Å²) in [6, 6.07) is 1.92. The standard InChI is InChI=1S/C22H24F4N2O2/c1-21(2)20(30)27(18-13-6-11-5-12(8-13)9-14(18)7-11)28(21)19(29)16-4-3-15(23)10-17(16)22(24,25)26/h3-4,10-14,18H,5-9H2,1-2H3. The van der Waals surface area contributed by atoms with Crippen LogP contribution in [0.2, 0.25) is 0 Å². The fraction of sp³-hybridized carbons (Fsp3) is 0.636. The number of rotatable bonds is 2. The number of benzene rings is 1. The lowest BCUT2D eigenvalue weighted by molar-refractivity contribution is -0.230. The van der Waals surface area contributed by atoms with Crippen molar-refractivity contribution in [1.29, 1.82) is 0 Å². The second kappa shape index (κ2) is 6.20. The lowest BCUT2D eigenvalue weighted by atomic mass is 9.53. The third-order valence-corrected chi connectivity index (χ3v) is 7.65. The Kier molecular flexibility index (Phi) is 4.10. The highest BCUT2D eigenvalue weighted by Gasteiger charge is 2.63. The first-order chi connectivity index (χ1) is 14.0. The number of halogens is 4. The van der Waals surface area contributed by atoms with Crippen LogP contribution in [0.3, 0.4) is 0 Å². The van der Waals surface area contributed by atoms with Crippen molar-refractivity contribution in [1.82, 2.24) is 10.0 Å². The fourth-order valence-electron chi connectivity index (χ4n) is 6.65. The van der Waals surface area contributed by atoms with Gasteiger partial charge in [0.25, 0.3) is 11.8 Å². The third kappa shape index (κ3) is 2.71. The monoisotopic (exact) mass is 424 g/mol. The Morgan fingerprint density at radius 3 is 2.13 bits per heavy atom. The number of nitrogens with zero attached hydrogens (tertiary/aromatic N) is 2. The molecular formula is C22H24F4N2O2. The van der Waals surface area contributed by atoms with Crippen LogP contribution in [0.25, 0.3) is 0 Å². The van der Waals surface area contributed by atoms with Crippen molar-refractivity contribution in [2.45, 2.75) is 63.7 Å². The summed E-state index contributed by atoms with van der Waals surface area (Å²) in [5, 5.41) is 2.64. The first kappa shape index (κ1) is 19.8. The van der Waals surface area contributed by atoms with E-state index in [9.17, 15) is 27.2 Å². The molecule has 0 aromatic heterocycles. The fourth-order valence-corrected chi connectivity index (χ4v) is 6.65. The number of hydrogen-bond donors (Lipinski definition) is 0. The minimum atomic E-state index is -4.88. The molecule has 0 atom stereocenters. The topological polar surface area (TPSA) is 40.6 Å². The first-order valence-electron chi connectivity index (χ1n) is 10.5. The molecule has 4 aliphatic carbocycles. The summed E-state index contributed by atoms with van der Waals surface area (Å²) < 4.78 is 54.1. The molecule has 0 N–H and O–H groups in total. The van der Waals surface area contributed by atoms with E-state index in [0.29, 0.717) is 17.9 Å². The van der Waals surface area contributed by atoms with E-state index < -0.39 is 34.6 Å². The molecule has 5 aliphatic rings. The summed E-state index contributed by atoms with van der Waals surface area (Å²) in [5.41, 5.74) is -3.17. The summed E-state index contributed by atoms with van der Waals surface area (Å²) in [6.07, 6.45) is 0.386. The number of hydrazine groups is 1. The molecule has 4 bridgehead atoms. The van der Waals surface area contributed by atoms with Crippen molar-refractivity contribution in [3.8, 4) is 0 Å². The molecule has 0 unspecified atom stereocenters. The van der Waals surface area contributed by atoms with Crippen LogP contribution < -0.4 is 0 Å². The van der Waals surface area contributed by atoms with Gasteiger partial charge in [0, 0.05) is 0 Å². The highest BCUT2D eigenvalue weighted by atomic mass is 19.4. The van der Waals surface area contributed by atoms with Gasteiger partial charge < -0.3 is 0 Å². The molecule has 30 heavy (non-hydrogen) atoms. The number of alkyl halides is 3. The normalized spacial score (nSPS) is 34.3. The Balaban J connectivity index is 1.52. The van der Waals surface area contributed by atoms with Gasteiger partial charge in [-0.05, 0) is 87.8 Å². The SMILES string of the molecule is CC1(C)C(=O)N(C2C3CC4CC(C3)CC2C4)N1C(=O)c1ccc(F)cc1C(F)(F)F. The summed E-state index contributed by atoms with van der Waals surface area (Å²) in [4.78, 5) is 26.4. The molecule has 8 heteroatoms. The molecule has 1 aromatic carbocycles. The van der Waals surface area contributed by atoms with E-state index in [0.717, 1.165) is 37.8 Å². The summed E-state index contributed by atoms with van der Waals surface area (Å²) in [7, 11) is 0. The van der Waals surface area contributed by atoms with Crippen molar-refractivity contribution in [2.75, 3.05) is 0 Å². The number of carbonyl (C=O) groups is 2. The molecule has 1 aliphatic heterocycles. The Morgan fingerprint density at radius 1 is 1.03 bits per heavy atom. The Hall–Kier alpha value is -2.12. The zero-order chi connectivity index (χ0) is 21.6. The summed E-state index contributed by atoms with van der Waals surface area (Å²) >= 11 is 0. The number of carbonyl (C=O) groups excluding carboxylic acids is 2. The van der Waals surface area contributed by atoms with E-state index in [4.69, 9.17) is 0 Å². The molecule has 1 heterocycles. The molecule has 0 spiro atoms. The first-order valence-corrected chi connectivity index (χ1v) is 10.5. The van der Waals surface area contributed by atoms with Gasteiger partial charge in [-0.25, -0.2) is 14.4 Å². The Bertz CT molecular complexity index is 898. The van der Waals surface area contributed by atoms with Crippen LogP contribution in [-0.4, -0.2) is 33.4 Å². The number of amides is 2. The predicted octanol–water partition coefficient (Wildman–Crippen LogP) is 4.65. The molecule has 4 nitrogen and oxygen atoms in total. The van der Waals surface area contributed by atoms with E-state index in [2.05, 4.69) is 0 Å².